The van der Waals surface area contributed by atoms with Crippen LogP contribution in [0.15, 0.2) is 5.38 Å². The number of hydrogen-bond acceptors (Lipinski definition) is 5. The Kier molecular flexibility index (Phi) is 6.80. The monoisotopic (exact) mass is 285 g/mol. The van der Waals surface area contributed by atoms with Crippen molar-refractivity contribution in [2.75, 3.05) is 25.5 Å². The average molecular weight is 285 g/mol. The van der Waals surface area contributed by atoms with E-state index in [1.165, 1.54) is 11.3 Å². The third-order valence-electron chi connectivity index (χ3n) is 2.98. The molecule has 2 N–H and O–H groups in total. The van der Waals surface area contributed by atoms with E-state index in [0.29, 0.717) is 11.7 Å². The molecule has 0 amide bonds. The molecule has 1 rings (SSSR count). The Balaban J connectivity index is 2.15. The summed E-state index contributed by atoms with van der Waals surface area (Å²) in [7, 11) is 2.14. The van der Waals surface area contributed by atoms with Gasteiger partial charge in [0.25, 0.3) is 0 Å². The van der Waals surface area contributed by atoms with Crippen LogP contribution in [0.5, 0.6) is 0 Å². The third kappa shape index (κ3) is 6.54. The van der Waals surface area contributed by atoms with Gasteiger partial charge in [-0.3, -0.25) is 4.79 Å². The van der Waals surface area contributed by atoms with Gasteiger partial charge in [-0.1, -0.05) is 0 Å². The molecule has 19 heavy (non-hydrogen) atoms. The molecule has 0 spiro atoms. The lowest BCUT2D eigenvalue weighted by Gasteiger charge is -2.20. The second kappa shape index (κ2) is 8.12. The fourth-order valence-electron chi connectivity index (χ4n) is 1.56. The fourth-order valence-corrected chi connectivity index (χ4v) is 2.30. The number of hydrogen-bond donors (Lipinski definition) is 2. The number of nitrogens with one attached hydrogen (secondary N) is 1. The zero-order chi connectivity index (χ0) is 14.3. The fraction of sp³-hybridized carbons (Fsp3) is 0.692. The topological polar surface area (TPSA) is 65.5 Å². The molecule has 5 nitrogen and oxygen atoms in total. The number of carboxylic acids is 1. The van der Waals surface area contributed by atoms with Crippen molar-refractivity contribution in [3.63, 3.8) is 0 Å². The van der Waals surface area contributed by atoms with Gasteiger partial charge in [-0.05, 0) is 40.3 Å². The minimum absolute atomic E-state index is 0.00262. The number of unbranched alkanes of at least 4 members (excludes halogenated alkanes) is 1. The Hall–Kier alpha value is -1.14. The number of thiazole rings is 1. The molecule has 0 atom stereocenters. The molecule has 0 aromatic carbocycles. The molecule has 0 saturated carbocycles. The van der Waals surface area contributed by atoms with Crippen molar-refractivity contribution in [1.29, 1.82) is 0 Å². The second-order valence-electron chi connectivity index (χ2n) is 4.92. The SMILES string of the molecule is CC(C)N(C)CCCCNc1nc(CC(=O)O)cs1. The number of rotatable bonds is 9. The van der Waals surface area contributed by atoms with E-state index >= 15 is 0 Å². The highest BCUT2D eigenvalue weighted by atomic mass is 32.1. The van der Waals surface area contributed by atoms with Crippen LogP contribution in [-0.4, -0.2) is 47.1 Å². The van der Waals surface area contributed by atoms with Crippen molar-refractivity contribution in [2.45, 2.75) is 39.2 Å². The van der Waals surface area contributed by atoms with Crippen LogP contribution >= 0.6 is 11.3 Å². The lowest BCUT2D eigenvalue weighted by molar-refractivity contribution is -0.136. The van der Waals surface area contributed by atoms with Gasteiger partial charge in [0.15, 0.2) is 5.13 Å². The van der Waals surface area contributed by atoms with Crippen LogP contribution < -0.4 is 5.32 Å². The maximum atomic E-state index is 10.5. The van der Waals surface area contributed by atoms with Crippen LogP contribution in [0.3, 0.4) is 0 Å². The van der Waals surface area contributed by atoms with Gasteiger partial charge in [0.1, 0.15) is 0 Å². The summed E-state index contributed by atoms with van der Waals surface area (Å²) < 4.78 is 0. The molecule has 0 unspecified atom stereocenters. The molecule has 0 fully saturated rings. The highest BCUT2D eigenvalue weighted by Crippen LogP contribution is 2.15. The minimum atomic E-state index is -0.839. The molecule has 1 heterocycles. The summed E-state index contributed by atoms with van der Waals surface area (Å²) in [6.45, 7) is 6.36. The molecule has 6 heteroatoms. The van der Waals surface area contributed by atoms with Crippen LogP contribution in [0.1, 0.15) is 32.4 Å². The first-order valence-electron chi connectivity index (χ1n) is 6.59. The van der Waals surface area contributed by atoms with Gasteiger partial charge in [-0.2, -0.15) is 0 Å². The normalized spacial score (nSPS) is 11.2. The van der Waals surface area contributed by atoms with Gasteiger partial charge in [0.05, 0.1) is 12.1 Å². The van der Waals surface area contributed by atoms with E-state index in [1.54, 1.807) is 5.38 Å². The van der Waals surface area contributed by atoms with Crippen LogP contribution in [0, 0.1) is 0 Å². The Morgan fingerprint density at radius 2 is 2.26 bits per heavy atom. The molecule has 0 aliphatic carbocycles. The van der Waals surface area contributed by atoms with E-state index in [0.717, 1.165) is 31.1 Å². The van der Waals surface area contributed by atoms with Crippen molar-refractivity contribution in [3.8, 4) is 0 Å². The van der Waals surface area contributed by atoms with Crippen LogP contribution in [-0.2, 0) is 11.2 Å². The van der Waals surface area contributed by atoms with Gasteiger partial charge in [-0.25, -0.2) is 4.98 Å². The number of aliphatic carboxylic acids is 1. The maximum absolute atomic E-state index is 10.5. The van der Waals surface area contributed by atoms with E-state index in [1.807, 2.05) is 0 Å². The molecule has 0 bridgehead atoms. The first-order chi connectivity index (χ1) is 8.99. The molecule has 0 radical (unpaired) electrons. The number of carboxylic acid groups (broad SMARTS) is 1. The van der Waals surface area contributed by atoms with Crippen molar-refractivity contribution >= 4 is 22.4 Å². The van der Waals surface area contributed by atoms with Crippen LogP contribution in [0.25, 0.3) is 0 Å². The predicted octanol–water partition coefficient (Wildman–Crippen LogP) is 2.30. The Morgan fingerprint density at radius 1 is 1.53 bits per heavy atom. The summed E-state index contributed by atoms with van der Waals surface area (Å²) in [5, 5.41) is 14.5. The Morgan fingerprint density at radius 3 is 2.89 bits per heavy atom. The van der Waals surface area contributed by atoms with Gasteiger partial charge in [-0.15, -0.1) is 11.3 Å². The van der Waals surface area contributed by atoms with Crippen molar-refractivity contribution in [2.24, 2.45) is 0 Å². The molecular formula is C13H23N3O2S. The molecule has 0 saturated heterocycles. The first-order valence-corrected chi connectivity index (χ1v) is 7.47. The number of nitrogens with zero attached hydrogens (tertiary/aromatic N) is 2. The molecular weight excluding hydrogens is 262 g/mol. The van der Waals surface area contributed by atoms with E-state index in [2.05, 4.69) is 36.1 Å². The predicted molar refractivity (Wildman–Crippen MR) is 78.9 cm³/mol. The van der Waals surface area contributed by atoms with Gasteiger partial charge in [0.2, 0.25) is 0 Å². The van der Waals surface area contributed by atoms with Crippen molar-refractivity contribution < 1.29 is 9.90 Å². The lowest BCUT2D eigenvalue weighted by atomic mass is 10.2. The Labute approximate surface area is 118 Å². The summed E-state index contributed by atoms with van der Waals surface area (Å²) in [5.41, 5.74) is 0.625. The Bertz CT molecular complexity index is 393. The zero-order valence-electron chi connectivity index (χ0n) is 11.8. The smallest absolute Gasteiger partial charge is 0.309 e. The summed E-state index contributed by atoms with van der Waals surface area (Å²) in [6.07, 6.45) is 2.23. The van der Waals surface area contributed by atoms with E-state index in [4.69, 9.17) is 5.11 Å². The van der Waals surface area contributed by atoms with Crippen molar-refractivity contribution in [3.05, 3.63) is 11.1 Å². The first kappa shape index (κ1) is 15.9. The average Bonchev–Trinajstić information content (AvgIpc) is 2.75. The van der Waals surface area contributed by atoms with Gasteiger partial charge < -0.3 is 15.3 Å². The zero-order valence-corrected chi connectivity index (χ0v) is 12.7. The maximum Gasteiger partial charge on any atom is 0.309 e. The van der Waals surface area contributed by atoms with Crippen LogP contribution in [0.2, 0.25) is 0 Å². The lowest BCUT2D eigenvalue weighted by Crippen LogP contribution is -2.27. The molecule has 1 aromatic heterocycles. The van der Waals surface area contributed by atoms with E-state index in [-0.39, 0.29) is 6.42 Å². The summed E-state index contributed by atoms with van der Waals surface area (Å²) in [5.74, 6) is -0.839. The largest absolute Gasteiger partial charge is 0.481 e. The summed E-state index contributed by atoms with van der Waals surface area (Å²) >= 11 is 1.46. The molecule has 108 valence electrons. The summed E-state index contributed by atoms with van der Waals surface area (Å²) in [6, 6.07) is 0.588. The highest BCUT2D eigenvalue weighted by Gasteiger charge is 2.06. The van der Waals surface area contributed by atoms with Gasteiger partial charge in [0, 0.05) is 18.0 Å². The third-order valence-corrected chi connectivity index (χ3v) is 3.83. The quantitative estimate of drug-likeness (QED) is 0.682. The van der Waals surface area contributed by atoms with E-state index < -0.39 is 5.97 Å². The highest BCUT2D eigenvalue weighted by molar-refractivity contribution is 7.13. The number of anilines is 1. The standard InChI is InChI=1S/C13H23N3O2S/c1-10(2)16(3)7-5-4-6-14-13-15-11(9-19-13)8-12(17)18/h9-10H,4-8H2,1-3H3,(H,14,15)(H,17,18). The molecule has 0 aliphatic heterocycles. The minimum Gasteiger partial charge on any atom is -0.481 e. The molecule has 0 aliphatic rings. The number of carbonyl (C=O) groups is 1. The van der Waals surface area contributed by atoms with Gasteiger partial charge >= 0.3 is 5.97 Å². The van der Waals surface area contributed by atoms with Crippen molar-refractivity contribution in [1.82, 2.24) is 9.88 Å². The van der Waals surface area contributed by atoms with E-state index in [9.17, 15) is 4.79 Å². The summed E-state index contributed by atoms with van der Waals surface area (Å²) in [4.78, 5) is 17.1. The van der Waals surface area contributed by atoms with Crippen LogP contribution in [0.4, 0.5) is 5.13 Å². The number of aromatic nitrogens is 1. The molecule has 1 aromatic rings. The second-order valence-corrected chi connectivity index (χ2v) is 5.78.